The molecule has 0 radical (unpaired) electrons. The minimum absolute atomic E-state index is 0.128. The Morgan fingerprint density at radius 3 is 2.42 bits per heavy atom. The molecule has 6 heteroatoms. The number of halogens is 1. The van der Waals surface area contributed by atoms with Crippen molar-refractivity contribution in [2.75, 3.05) is 18.0 Å². The summed E-state index contributed by atoms with van der Waals surface area (Å²) in [6.45, 7) is 7.69. The molecule has 0 amide bonds. The topological polar surface area (TPSA) is 47.3 Å². The van der Waals surface area contributed by atoms with E-state index in [0.29, 0.717) is 17.1 Å². The zero-order valence-electron chi connectivity index (χ0n) is 15.1. The van der Waals surface area contributed by atoms with Crippen LogP contribution in [0.4, 0.5) is 5.69 Å². The van der Waals surface area contributed by atoms with E-state index in [1.54, 1.807) is 6.07 Å². The third-order valence-electron chi connectivity index (χ3n) is 4.77. The molecule has 0 aliphatic carbocycles. The minimum Gasteiger partial charge on any atom is -0.366 e. The molecular weight excluding hydrogens is 366 g/mol. The van der Waals surface area contributed by atoms with Crippen molar-refractivity contribution >= 4 is 28.3 Å². The molecule has 1 saturated heterocycles. The molecule has 0 bridgehead atoms. The molecule has 2 unspecified atom stereocenters. The van der Waals surface area contributed by atoms with E-state index in [0.717, 1.165) is 22.7 Å². The van der Waals surface area contributed by atoms with Gasteiger partial charge in [0.05, 0.1) is 15.5 Å². The van der Waals surface area contributed by atoms with Gasteiger partial charge in [0.15, 0.2) is 0 Å². The predicted molar refractivity (Wildman–Crippen MR) is 107 cm³/mol. The van der Waals surface area contributed by atoms with Crippen LogP contribution in [-0.2, 0) is 11.0 Å². The lowest BCUT2D eigenvalue weighted by Crippen LogP contribution is -2.56. The maximum absolute atomic E-state index is 13.0. The van der Waals surface area contributed by atoms with Crippen molar-refractivity contribution < 1.29 is 4.21 Å². The Morgan fingerprint density at radius 1 is 1.12 bits per heavy atom. The maximum atomic E-state index is 13.0. The van der Waals surface area contributed by atoms with E-state index in [1.165, 1.54) is 0 Å². The third-order valence-corrected chi connectivity index (χ3v) is 6.69. The first kappa shape index (κ1) is 18.9. The minimum atomic E-state index is -1.17. The van der Waals surface area contributed by atoms with Crippen LogP contribution < -0.4 is 4.90 Å². The summed E-state index contributed by atoms with van der Waals surface area (Å²) < 4.78 is 15.1. The van der Waals surface area contributed by atoms with E-state index in [-0.39, 0.29) is 12.1 Å². The Morgan fingerprint density at radius 2 is 1.81 bits per heavy atom. The summed E-state index contributed by atoms with van der Waals surface area (Å²) in [6, 6.07) is 15.8. The number of nitriles is 1. The van der Waals surface area contributed by atoms with E-state index in [4.69, 9.17) is 16.9 Å². The lowest BCUT2D eigenvalue weighted by atomic mass is 10.1. The van der Waals surface area contributed by atoms with Gasteiger partial charge < -0.3 is 4.90 Å². The van der Waals surface area contributed by atoms with Crippen molar-refractivity contribution in [3.8, 4) is 6.07 Å². The van der Waals surface area contributed by atoms with Crippen LogP contribution in [0, 0.1) is 18.3 Å². The molecule has 0 N–H and O–H groups in total. The number of piperazine rings is 1. The summed E-state index contributed by atoms with van der Waals surface area (Å²) in [5.41, 5.74) is 2.64. The van der Waals surface area contributed by atoms with E-state index in [2.05, 4.69) is 29.1 Å². The highest BCUT2D eigenvalue weighted by molar-refractivity contribution is 7.82. The smallest absolute Gasteiger partial charge is 0.127 e. The largest absolute Gasteiger partial charge is 0.366 e. The Hall–Kier alpha value is -1.87. The van der Waals surface area contributed by atoms with Crippen molar-refractivity contribution in [2.45, 2.75) is 37.8 Å². The lowest BCUT2D eigenvalue weighted by Gasteiger charge is -2.44. The second-order valence-corrected chi connectivity index (χ2v) is 8.63. The van der Waals surface area contributed by atoms with Gasteiger partial charge in [-0.05, 0) is 51.1 Å². The summed E-state index contributed by atoms with van der Waals surface area (Å²) in [6.07, 6.45) is 0. The Kier molecular flexibility index (Phi) is 5.67. The average molecular weight is 388 g/mol. The molecule has 136 valence electrons. The number of rotatable bonds is 3. The molecular formula is C20H22ClN3OS. The van der Waals surface area contributed by atoms with Gasteiger partial charge in [-0.3, -0.25) is 0 Å². The number of nitrogens with zero attached hydrogens (tertiary/aromatic N) is 3. The SMILES string of the molecule is Cc1ccc(S(=O)N2CC(C)N(c3ccc(C#N)c(Cl)c3)C[C@H]2C)cc1. The van der Waals surface area contributed by atoms with E-state index in [1.807, 2.05) is 43.3 Å². The zero-order valence-corrected chi connectivity index (χ0v) is 16.7. The first-order valence-corrected chi connectivity index (χ1v) is 10.1. The fourth-order valence-electron chi connectivity index (χ4n) is 3.25. The first-order valence-electron chi connectivity index (χ1n) is 8.62. The van der Waals surface area contributed by atoms with Crippen molar-refractivity contribution in [3.63, 3.8) is 0 Å². The second kappa shape index (κ2) is 7.79. The van der Waals surface area contributed by atoms with Gasteiger partial charge in [0.25, 0.3) is 0 Å². The summed E-state index contributed by atoms with van der Waals surface area (Å²) in [5, 5.41) is 9.51. The Balaban J connectivity index is 1.79. The van der Waals surface area contributed by atoms with Crippen LogP contribution in [-0.4, -0.2) is 33.7 Å². The van der Waals surface area contributed by atoms with Crippen LogP contribution >= 0.6 is 11.6 Å². The number of hydrogen-bond donors (Lipinski definition) is 0. The van der Waals surface area contributed by atoms with Gasteiger partial charge in [0.2, 0.25) is 0 Å². The Bertz CT molecular complexity index is 862. The van der Waals surface area contributed by atoms with E-state index >= 15 is 0 Å². The number of hydrogen-bond acceptors (Lipinski definition) is 3. The molecule has 26 heavy (non-hydrogen) atoms. The highest BCUT2D eigenvalue weighted by atomic mass is 35.5. The van der Waals surface area contributed by atoms with Crippen molar-refractivity contribution in [1.82, 2.24) is 4.31 Å². The van der Waals surface area contributed by atoms with Crippen LogP contribution in [0.2, 0.25) is 5.02 Å². The molecule has 1 fully saturated rings. The molecule has 1 aliphatic heterocycles. The van der Waals surface area contributed by atoms with Crippen molar-refractivity contribution in [3.05, 3.63) is 58.6 Å². The average Bonchev–Trinajstić information content (AvgIpc) is 2.63. The van der Waals surface area contributed by atoms with Crippen LogP contribution in [0.1, 0.15) is 25.0 Å². The molecule has 3 rings (SSSR count). The highest BCUT2D eigenvalue weighted by Gasteiger charge is 2.33. The molecule has 4 nitrogen and oxygen atoms in total. The number of aryl methyl sites for hydroxylation is 1. The lowest BCUT2D eigenvalue weighted by molar-refractivity contribution is 0.286. The van der Waals surface area contributed by atoms with Gasteiger partial charge in [-0.25, -0.2) is 8.51 Å². The summed E-state index contributed by atoms with van der Waals surface area (Å²) >= 11 is 6.20. The normalized spacial score (nSPS) is 22.0. The third kappa shape index (κ3) is 3.78. The monoisotopic (exact) mass is 387 g/mol. The summed E-state index contributed by atoms with van der Waals surface area (Å²) in [7, 11) is -1.17. The standard InChI is InChI=1S/C20H22ClN3OS/c1-14-4-8-19(9-5-14)26(25)24-13-15(2)23(12-16(24)3)18-7-6-17(11-22)20(21)10-18/h4-10,15-16H,12-13H2,1-3H3/t15?,16-,26?/m1/s1. The molecule has 2 aromatic rings. The first-order chi connectivity index (χ1) is 12.4. The van der Waals surface area contributed by atoms with E-state index in [9.17, 15) is 4.21 Å². The summed E-state index contributed by atoms with van der Waals surface area (Å²) in [5.74, 6) is 0. The number of benzene rings is 2. The fraction of sp³-hybridized carbons (Fsp3) is 0.350. The van der Waals surface area contributed by atoms with Gasteiger partial charge in [-0.1, -0.05) is 29.3 Å². The molecule has 2 aromatic carbocycles. The van der Waals surface area contributed by atoms with Gasteiger partial charge in [0, 0.05) is 30.9 Å². The predicted octanol–water partition coefficient (Wildman–Crippen LogP) is 4.14. The highest BCUT2D eigenvalue weighted by Crippen LogP contribution is 2.29. The van der Waals surface area contributed by atoms with Gasteiger partial charge >= 0.3 is 0 Å². The quantitative estimate of drug-likeness (QED) is 0.795. The number of anilines is 1. The Labute approximate surface area is 162 Å². The zero-order chi connectivity index (χ0) is 18.8. The molecule has 3 atom stereocenters. The second-order valence-electron chi connectivity index (χ2n) is 6.79. The van der Waals surface area contributed by atoms with Crippen molar-refractivity contribution in [2.24, 2.45) is 0 Å². The molecule has 1 aliphatic rings. The van der Waals surface area contributed by atoms with Gasteiger partial charge in [0.1, 0.15) is 17.1 Å². The maximum Gasteiger partial charge on any atom is 0.127 e. The molecule has 0 saturated carbocycles. The van der Waals surface area contributed by atoms with E-state index < -0.39 is 11.0 Å². The molecule has 0 spiro atoms. The van der Waals surface area contributed by atoms with Crippen LogP contribution in [0.15, 0.2) is 47.4 Å². The van der Waals surface area contributed by atoms with Gasteiger partial charge in [-0.15, -0.1) is 0 Å². The van der Waals surface area contributed by atoms with Crippen LogP contribution in [0.5, 0.6) is 0 Å². The molecule has 1 heterocycles. The van der Waals surface area contributed by atoms with Crippen LogP contribution in [0.25, 0.3) is 0 Å². The fourth-order valence-corrected chi connectivity index (χ4v) is 4.85. The van der Waals surface area contributed by atoms with Crippen molar-refractivity contribution in [1.29, 1.82) is 5.26 Å². The molecule has 0 aromatic heterocycles. The van der Waals surface area contributed by atoms with Gasteiger partial charge in [-0.2, -0.15) is 5.26 Å². The van der Waals surface area contributed by atoms with Crippen LogP contribution in [0.3, 0.4) is 0 Å². The summed E-state index contributed by atoms with van der Waals surface area (Å²) in [4.78, 5) is 3.10.